The zero-order valence-electron chi connectivity index (χ0n) is 23.5. The van der Waals surface area contributed by atoms with Crippen molar-refractivity contribution in [3.8, 4) is 0 Å². The van der Waals surface area contributed by atoms with Crippen LogP contribution in [0.4, 0.5) is 11.4 Å². The fourth-order valence-electron chi connectivity index (χ4n) is 4.91. The second-order valence-electron chi connectivity index (χ2n) is 10.3. The Kier molecular flexibility index (Phi) is 12.0. The molecule has 0 aliphatic carbocycles. The third-order valence-corrected chi connectivity index (χ3v) is 8.34. The number of hydrogen-bond donors (Lipinski definition) is 0. The van der Waals surface area contributed by atoms with E-state index in [0.29, 0.717) is 25.9 Å². The minimum atomic E-state index is -4.28. The maximum Gasteiger partial charge on any atom is 1.00 e. The summed E-state index contributed by atoms with van der Waals surface area (Å²) in [5.74, 6) is -0.795. The van der Waals surface area contributed by atoms with E-state index in [4.69, 9.17) is 0 Å². The summed E-state index contributed by atoms with van der Waals surface area (Å²) in [6.07, 6.45) is 5.82. The molecule has 0 amide bonds. The molecule has 208 valence electrons. The summed E-state index contributed by atoms with van der Waals surface area (Å²) in [5, 5.41) is 0. The zero-order chi connectivity index (χ0) is 28.1. The van der Waals surface area contributed by atoms with Crippen LogP contribution in [0.3, 0.4) is 0 Å². The van der Waals surface area contributed by atoms with Crippen molar-refractivity contribution in [3.05, 3.63) is 65.2 Å². The molecule has 8 nitrogen and oxygen atoms in total. The molecule has 0 bridgehead atoms. The summed E-state index contributed by atoms with van der Waals surface area (Å²) in [6, 6.07) is 14.1. The van der Waals surface area contributed by atoms with Gasteiger partial charge in [-0.05, 0) is 63.5 Å². The van der Waals surface area contributed by atoms with Gasteiger partial charge in [-0.15, -0.1) is 0 Å². The summed E-state index contributed by atoms with van der Waals surface area (Å²) in [7, 11) is -8.52. The van der Waals surface area contributed by atoms with Crippen LogP contribution in [0.2, 0.25) is 0 Å². The van der Waals surface area contributed by atoms with Gasteiger partial charge in [-0.2, -0.15) is 4.58 Å². The number of unbranched alkanes of at least 4 members (excludes halogenated alkanes) is 1. The number of aryl methyl sites for hydroxylation is 1. The summed E-state index contributed by atoms with van der Waals surface area (Å²) in [5.41, 5.74) is 6.09. The molecular weight excluding hydrogens is 547 g/mol. The Morgan fingerprint density at radius 1 is 0.897 bits per heavy atom. The van der Waals surface area contributed by atoms with Crippen molar-refractivity contribution in [2.75, 3.05) is 36.0 Å². The molecule has 0 spiro atoms. The second-order valence-corrected chi connectivity index (χ2v) is 13.4. The standard InChI is InChI=1S/C28H38N2O6S2.Na/c1-5-16-29(18-20-38(34,35)36)24-12-9-23(10-13-24)11-15-27-28(3,4)25-21-22(2)8-14-26(25)30(27)17-6-7-19-37(31,32)33;/h8-15,21H,5-7,16-20H2,1-4H3,(H-,31,32,33,34,35,36);/q;+1/p-1. The first kappa shape index (κ1) is 33.7. The molecule has 3 rings (SSSR count). The van der Waals surface area contributed by atoms with Gasteiger partial charge >= 0.3 is 29.6 Å². The van der Waals surface area contributed by atoms with Crippen LogP contribution in [0.5, 0.6) is 0 Å². The van der Waals surface area contributed by atoms with E-state index in [1.165, 1.54) is 5.56 Å². The molecule has 11 heteroatoms. The largest absolute Gasteiger partial charge is 1.00 e. The molecule has 0 atom stereocenters. The van der Waals surface area contributed by atoms with E-state index in [2.05, 4.69) is 49.6 Å². The fourth-order valence-corrected chi connectivity index (χ4v) is 5.91. The van der Waals surface area contributed by atoms with Crippen LogP contribution in [0.25, 0.3) is 6.08 Å². The fraction of sp³-hybridized carbons (Fsp3) is 0.464. The predicted molar refractivity (Wildman–Crippen MR) is 150 cm³/mol. The summed E-state index contributed by atoms with van der Waals surface area (Å²) in [6.45, 7) is 9.80. The van der Waals surface area contributed by atoms with Gasteiger partial charge in [-0.3, -0.25) is 0 Å². The number of allylic oxidation sites excluding steroid dienone is 1. The normalized spacial score (nSPS) is 14.9. The maximum absolute atomic E-state index is 11.1. The smallest absolute Gasteiger partial charge is 0.748 e. The molecule has 0 unspecified atom stereocenters. The summed E-state index contributed by atoms with van der Waals surface area (Å²) < 4.78 is 68.7. The Morgan fingerprint density at radius 2 is 1.54 bits per heavy atom. The third kappa shape index (κ3) is 9.52. The molecular formula is C28H37N2NaO6S2. The summed E-state index contributed by atoms with van der Waals surface area (Å²) >= 11 is 0. The third-order valence-electron chi connectivity index (χ3n) is 6.87. The van der Waals surface area contributed by atoms with E-state index in [9.17, 15) is 25.9 Å². The molecule has 1 heterocycles. The van der Waals surface area contributed by atoms with Crippen molar-refractivity contribution in [1.29, 1.82) is 0 Å². The quantitative estimate of drug-likeness (QED) is 0.150. The van der Waals surface area contributed by atoms with Crippen molar-refractivity contribution >= 4 is 43.4 Å². The van der Waals surface area contributed by atoms with Crippen LogP contribution in [-0.2, 0) is 25.7 Å². The van der Waals surface area contributed by atoms with Gasteiger partial charge in [0.1, 0.15) is 6.54 Å². The van der Waals surface area contributed by atoms with E-state index in [1.54, 1.807) is 0 Å². The monoisotopic (exact) mass is 584 g/mol. The Morgan fingerprint density at radius 3 is 2.13 bits per heavy atom. The first-order valence-corrected chi connectivity index (χ1v) is 16.0. The molecule has 0 saturated heterocycles. The number of hydrogen-bond acceptors (Lipinski definition) is 7. The van der Waals surface area contributed by atoms with Gasteiger partial charge in [-0.25, -0.2) is 16.8 Å². The van der Waals surface area contributed by atoms with Gasteiger partial charge in [0.05, 0.1) is 31.4 Å². The van der Waals surface area contributed by atoms with Crippen LogP contribution in [-0.4, -0.2) is 67.4 Å². The Bertz CT molecular complexity index is 1420. The molecule has 1 aliphatic rings. The van der Waals surface area contributed by atoms with E-state index in [0.717, 1.165) is 34.6 Å². The van der Waals surface area contributed by atoms with E-state index < -0.39 is 26.0 Å². The van der Waals surface area contributed by atoms with E-state index in [1.807, 2.05) is 42.2 Å². The van der Waals surface area contributed by atoms with E-state index in [-0.39, 0.29) is 47.3 Å². The van der Waals surface area contributed by atoms with Crippen molar-refractivity contribution in [1.82, 2.24) is 0 Å². The van der Waals surface area contributed by atoms with Gasteiger partial charge in [-0.1, -0.05) is 30.7 Å². The minimum absolute atomic E-state index is 0. The number of nitrogens with zero attached hydrogens (tertiary/aromatic N) is 2. The number of benzene rings is 2. The van der Waals surface area contributed by atoms with Crippen LogP contribution < -0.4 is 34.5 Å². The number of rotatable bonds is 13. The van der Waals surface area contributed by atoms with Crippen LogP contribution in [0.1, 0.15) is 56.7 Å². The molecule has 0 N–H and O–H groups in total. The molecule has 0 fully saturated rings. The Labute approximate surface area is 255 Å². The zero-order valence-corrected chi connectivity index (χ0v) is 27.1. The first-order chi connectivity index (χ1) is 17.7. The molecule has 0 saturated carbocycles. The second kappa shape index (κ2) is 13.9. The van der Waals surface area contributed by atoms with Gasteiger partial charge < -0.3 is 14.0 Å². The molecule has 0 aromatic heterocycles. The van der Waals surface area contributed by atoms with Crippen LogP contribution in [0, 0.1) is 6.92 Å². The molecule has 39 heavy (non-hydrogen) atoms. The van der Waals surface area contributed by atoms with Crippen LogP contribution >= 0.6 is 0 Å². The van der Waals surface area contributed by atoms with Crippen molar-refractivity contribution in [2.24, 2.45) is 0 Å². The molecule has 2 aromatic rings. The average molecular weight is 585 g/mol. The molecule has 0 radical (unpaired) electrons. The first-order valence-electron chi connectivity index (χ1n) is 12.9. The minimum Gasteiger partial charge on any atom is -0.748 e. The van der Waals surface area contributed by atoms with Gasteiger partial charge in [0.15, 0.2) is 5.71 Å². The van der Waals surface area contributed by atoms with Gasteiger partial charge in [0.2, 0.25) is 5.69 Å². The molecule has 1 aliphatic heterocycles. The number of fused-ring (bicyclic) bond motifs is 1. The average Bonchev–Trinajstić information content (AvgIpc) is 3.02. The predicted octanol–water partition coefficient (Wildman–Crippen LogP) is 1.18. The maximum atomic E-state index is 11.1. The van der Waals surface area contributed by atoms with Crippen molar-refractivity contribution in [2.45, 2.75) is 52.4 Å². The Balaban J connectivity index is 0.00000533. The van der Waals surface area contributed by atoms with Crippen molar-refractivity contribution in [3.63, 3.8) is 0 Å². The van der Waals surface area contributed by atoms with E-state index >= 15 is 0 Å². The topological polar surface area (TPSA) is 121 Å². The number of anilines is 1. The summed E-state index contributed by atoms with van der Waals surface area (Å²) in [4.78, 5) is 1.90. The van der Waals surface area contributed by atoms with Gasteiger partial charge in [0, 0.05) is 48.7 Å². The Hall–Kier alpha value is -1.53. The van der Waals surface area contributed by atoms with Crippen molar-refractivity contribution < 1.29 is 60.1 Å². The van der Waals surface area contributed by atoms with Gasteiger partial charge in [0.25, 0.3) is 0 Å². The molecule has 2 aromatic carbocycles. The van der Waals surface area contributed by atoms with Crippen LogP contribution in [0.15, 0.2) is 48.5 Å². The SMILES string of the molecule is CCCN(CCS(=O)(=O)[O-])c1ccc(/C=C/C2=[N+](CCCCS(=O)(=O)[O-])c3ccc(C)cc3C2(C)C)cc1.[Na+].